The summed E-state index contributed by atoms with van der Waals surface area (Å²) in [5, 5.41) is 8.65. The molecule has 0 saturated heterocycles. The van der Waals surface area contributed by atoms with Crippen LogP contribution >= 0.6 is 0 Å². The van der Waals surface area contributed by atoms with Gasteiger partial charge in [-0.3, -0.25) is 0 Å². The number of rotatable bonds is 10. The van der Waals surface area contributed by atoms with Crippen molar-refractivity contribution in [1.82, 2.24) is 0 Å². The SMILES string of the molecule is BC(CCCCO)CCCCCCC. The van der Waals surface area contributed by atoms with Gasteiger partial charge in [-0.2, -0.15) is 0 Å². The Labute approximate surface area is 90.7 Å². The highest BCUT2D eigenvalue weighted by atomic mass is 16.2. The minimum absolute atomic E-state index is 0.364. The first-order valence-corrected chi connectivity index (χ1v) is 6.42. The Balaban J connectivity index is 3.06. The number of aliphatic hydroxyl groups is 1. The van der Waals surface area contributed by atoms with E-state index >= 15 is 0 Å². The zero-order valence-electron chi connectivity index (χ0n) is 10.1. The second-order valence-corrected chi connectivity index (χ2v) is 4.53. The van der Waals surface area contributed by atoms with Crippen LogP contribution in [-0.4, -0.2) is 19.6 Å². The lowest BCUT2D eigenvalue weighted by Gasteiger charge is -2.10. The lowest BCUT2D eigenvalue weighted by Crippen LogP contribution is -1.94. The minimum atomic E-state index is 0.364. The van der Waals surface area contributed by atoms with Crippen LogP contribution in [0.15, 0.2) is 0 Å². The average molecular weight is 198 g/mol. The van der Waals surface area contributed by atoms with E-state index in [2.05, 4.69) is 14.8 Å². The van der Waals surface area contributed by atoms with Crippen molar-refractivity contribution in [2.75, 3.05) is 6.61 Å². The molecule has 0 aliphatic carbocycles. The molecule has 84 valence electrons. The van der Waals surface area contributed by atoms with Gasteiger partial charge in [-0.15, -0.1) is 0 Å². The van der Waals surface area contributed by atoms with Gasteiger partial charge in [0.25, 0.3) is 0 Å². The minimum Gasteiger partial charge on any atom is -0.396 e. The van der Waals surface area contributed by atoms with Crippen LogP contribution in [0.3, 0.4) is 0 Å². The van der Waals surface area contributed by atoms with Crippen LogP contribution in [0.5, 0.6) is 0 Å². The van der Waals surface area contributed by atoms with E-state index in [9.17, 15) is 0 Å². The van der Waals surface area contributed by atoms with E-state index in [1.807, 2.05) is 0 Å². The highest BCUT2D eigenvalue weighted by Gasteiger charge is 2.01. The molecule has 0 aliphatic heterocycles. The van der Waals surface area contributed by atoms with Gasteiger partial charge in [-0.1, -0.05) is 64.1 Å². The molecule has 0 aromatic rings. The monoisotopic (exact) mass is 198 g/mol. The predicted molar refractivity (Wildman–Crippen MR) is 66.6 cm³/mol. The van der Waals surface area contributed by atoms with Crippen molar-refractivity contribution in [2.24, 2.45) is 0 Å². The van der Waals surface area contributed by atoms with Crippen molar-refractivity contribution < 1.29 is 5.11 Å². The summed E-state index contributed by atoms with van der Waals surface area (Å²) in [6, 6.07) is 0. The van der Waals surface area contributed by atoms with Gasteiger partial charge in [-0.25, -0.2) is 0 Å². The Morgan fingerprint density at radius 2 is 1.50 bits per heavy atom. The molecule has 0 aromatic carbocycles. The Morgan fingerprint density at radius 1 is 0.929 bits per heavy atom. The molecule has 0 radical (unpaired) electrons. The van der Waals surface area contributed by atoms with Crippen LogP contribution in [0.25, 0.3) is 0 Å². The van der Waals surface area contributed by atoms with E-state index in [0.29, 0.717) is 6.61 Å². The maximum absolute atomic E-state index is 8.65. The van der Waals surface area contributed by atoms with Crippen LogP contribution in [0.1, 0.15) is 64.7 Å². The number of hydrogen-bond donors (Lipinski definition) is 1. The van der Waals surface area contributed by atoms with Crippen molar-refractivity contribution in [3.8, 4) is 0 Å². The maximum atomic E-state index is 8.65. The summed E-state index contributed by atoms with van der Waals surface area (Å²) >= 11 is 0. The summed E-state index contributed by atoms with van der Waals surface area (Å²) < 4.78 is 0. The molecule has 0 aliphatic rings. The second kappa shape index (κ2) is 11.1. The molecule has 0 amide bonds. The Kier molecular flexibility index (Phi) is 11.1. The maximum Gasteiger partial charge on any atom is 0.105 e. The Morgan fingerprint density at radius 3 is 2.07 bits per heavy atom. The number of hydrogen-bond acceptors (Lipinski definition) is 1. The van der Waals surface area contributed by atoms with E-state index in [4.69, 9.17) is 5.11 Å². The largest absolute Gasteiger partial charge is 0.396 e. The highest BCUT2D eigenvalue weighted by molar-refractivity contribution is 6.11. The van der Waals surface area contributed by atoms with Crippen molar-refractivity contribution in [3.63, 3.8) is 0 Å². The summed E-state index contributed by atoms with van der Waals surface area (Å²) in [7, 11) is 2.34. The number of aliphatic hydroxyl groups excluding tert-OH is 1. The van der Waals surface area contributed by atoms with E-state index < -0.39 is 0 Å². The zero-order valence-corrected chi connectivity index (χ0v) is 10.1. The molecular weight excluding hydrogens is 171 g/mol. The van der Waals surface area contributed by atoms with Crippen molar-refractivity contribution in [2.45, 2.75) is 70.5 Å². The van der Waals surface area contributed by atoms with Crippen LogP contribution in [-0.2, 0) is 0 Å². The topological polar surface area (TPSA) is 20.2 Å². The second-order valence-electron chi connectivity index (χ2n) is 4.53. The molecule has 1 atom stereocenters. The van der Waals surface area contributed by atoms with Crippen molar-refractivity contribution in [1.29, 1.82) is 0 Å². The molecule has 0 fully saturated rings. The summed E-state index contributed by atoms with van der Waals surface area (Å²) in [5.41, 5.74) is 0. The lowest BCUT2D eigenvalue weighted by atomic mass is 9.79. The first-order valence-electron chi connectivity index (χ1n) is 6.42. The van der Waals surface area contributed by atoms with Gasteiger partial charge < -0.3 is 5.11 Å². The third-order valence-corrected chi connectivity index (χ3v) is 2.91. The first-order chi connectivity index (χ1) is 6.81. The van der Waals surface area contributed by atoms with E-state index in [0.717, 1.165) is 12.2 Å². The average Bonchev–Trinajstić information content (AvgIpc) is 2.18. The van der Waals surface area contributed by atoms with Crippen LogP contribution in [0.4, 0.5) is 0 Å². The zero-order chi connectivity index (χ0) is 10.6. The lowest BCUT2D eigenvalue weighted by molar-refractivity contribution is 0.282. The van der Waals surface area contributed by atoms with Crippen LogP contribution in [0.2, 0.25) is 5.82 Å². The summed E-state index contributed by atoms with van der Waals surface area (Å²) in [6.45, 7) is 2.63. The predicted octanol–water partition coefficient (Wildman–Crippen LogP) is 2.93. The fourth-order valence-electron chi connectivity index (χ4n) is 1.85. The van der Waals surface area contributed by atoms with Gasteiger partial charge >= 0.3 is 0 Å². The van der Waals surface area contributed by atoms with Gasteiger partial charge in [0.1, 0.15) is 7.85 Å². The molecule has 14 heavy (non-hydrogen) atoms. The quantitative estimate of drug-likeness (QED) is 0.422. The standard InChI is InChI=1S/C12H27BO/c1-2-3-4-5-6-9-12(13)10-7-8-11-14/h12,14H,2-11,13H2,1H3. The molecular formula is C12H27BO. The molecule has 0 spiro atoms. The number of unbranched alkanes of at least 4 members (excludes halogenated alkanes) is 5. The first kappa shape index (κ1) is 14.0. The summed E-state index contributed by atoms with van der Waals surface area (Å²) in [5.74, 6) is 0.864. The molecule has 1 nitrogen and oxygen atoms in total. The van der Waals surface area contributed by atoms with E-state index in [1.165, 1.54) is 51.4 Å². The van der Waals surface area contributed by atoms with Gasteiger partial charge in [-0.05, 0) is 6.42 Å². The molecule has 0 bridgehead atoms. The molecule has 2 heteroatoms. The normalized spacial score (nSPS) is 13.0. The summed E-state index contributed by atoms with van der Waals surface area (Å²) in [6.07, 6.45) is 11.8. The molecule has 0 saturated carbocycles. The molecule has 0 heterocycles. The van der Waals surface area contributed by atoms with Crippen LogP contribution in [0, 0.1) is 0 Å². The van der Waals surface area contributed by atoms with Gasteiger partial charge in [0.2, 0.25) is 0 Å². The molecule has 1 N–H and O–H groups in total. The fourth-order valence-corrected chi connectivity index (χ4v) is 1.85. The summed E-state index contributed by atoms with van der Waals surface area (Å²) in [4.78, 5) is 0. The third kappa shape index (κ3) is 10.1. The molecule has 1 unspecified atom stereocenters. The fraction of sp³-hybridized carbons (Fsp3) is 1.00. The van der Waals surface area contributed by atoms with Gasteiger partial charge in [0.05, 0.1) is 0 Å². The third-order valence-electron chi connectivity index (χ3n) is 2.91. The van der Waals surface area contributed by atoms with Crippen molar-refractivity contribution >= 4 is 7.85 Å². The smallest absolute Gasteiger partial charge is 0.105 e. The van der Waals surface area contributed by atoms with Crippen molar-refractivity contribution in [3.05, 3.63) is 0 Å². The molecule has 0 rings (SSSR count). The Hall–Kier alpha value is 0.0249. The van der Waals surface area contributed by atoms with Gasteiger partial charge in [0, 0.05) is 6.61 Å². The highest BCUT2D eigenvalue weighted by Crippen LogP contribution is 2.19. The Bertz CT molecular complexity index is 106. The van der Waals surface area contributed by atoms with E-state index in [-0.39, 0.29) is 0 Å². The van der Waals surface area contributed by atoms with E-state index in [1.54, 1.807) is 0 Å². The molecule has 0 aromatic heterocycles. The van der Waals surface area contributed by atoms with Crippen LogP contribution < -0.4 is 0 Å². The van der Waals surface area contributed by atoms with Gasteiger partial charge in [0.15, 0.2) is 0 Å².